The van der Waals surface area contributed by atoms with E-state index in [2.05, 4.69) is 23.7 Å². The lowest BCUT2D eigenvalue weighted by molar-refractivity contribution is 0.276. The zero-order valence-corrected chi connectivity index (χ0v) is 10.3. The third kappa shape index (κ3) is 2.56. The first kappa shape index (κ1) is 11.0. The van der Waals surface area contributed by atoms with E-state index in [0.29, 0.717) is 5.41 Å². The molecule has 1 aromatic heterocycles. The largest absolute Gasteiger partial charge is 0.330 e. The summed E-state index contributed by atoms with van der Waals surface area (Å²) in [6.07, 6.45) is 3.22. The van der Waals surface area contributed by atoms with Crippen molar-refractivity contribution >= 4 is 11.3 Å². The first-order chi connectivity index (χ1) is 7.11. The summed E-state index contributed by atoms with van der Waals surface area (Å²) >= 11 is 1.80. The summed E-state index contributed by atoms with van der Waals surface area (Å²) in [4.78, 5) is 8.14. The Hall–Kier alpha value is -0.450. The van der Waals surface area contributed by atoms with E-state index in [1.54, 1.807) is 11.3 Å². The van der Waals surface area contributed by atoms with Crippen molar-refractivity contribution in [2.75, 3.05) is 19.6 Å². The van der Waals surface area contributed by atoms with Gasteiger partial charge in [-0.2, -0.15) is 0 Å². The lowest BCUT2D eigenvalue weighted by Gasteiger charge is -2.22. The van der Waals surface area contributed by atoms with Gasteiger partial charge in [0.1, 0.15) is 0 Å². The second kappa shape index (κ2) is 4.20. The summed E-state index contributed by atoms with van der Waals surface area (Å²) in [5.41, 5.74) is 6.12. The number of hydrogen-bond acceptors (Lipinski definition) is 4. The Bertz CT molecular complexity index is 336. The van der Waals surface area contributed by atoms with E-state index in [0.717, 1.165) is 24.6 Å². The smallest absolute Gasteiger partial charge is 0.0897 e. The molecule has 0 spiro atoms. The number of nitrogens with zero attached hydrogens (tertiary/aromatic N) is 2. The predicted molar refractivity (Wildman–Crippen MR) is 63.9 cm³/mol. The normalized spacial score (nSPS) is 27.4. The van der Waals surface area contributed by atoms with E-state index >= 15 is 0 Å². The van der Waals surface area contributed by atoms with Crippen molar-refractivity contribution in [1.82, 2.24) is 9.88 Å². The summed E-state index contributed by atoms with van der Waals surface area (Å²) in [5.74, 6) is 0. The zero-order valence-electron chi connectivity index (χ0n) is 9.49. The SMILES string of the molecule is Cc1ncc(CN2CCC(C)(CN)C2)s1. The molecule has 4 heteroatoms. The first-order valence-corrected chi connectivity index (χ1v) is 6.27. The minimum atomic E-state index is 0.333. The molecule has 0 radical (unpaired) electrons. The Morgan fingerprint density at radius 1 is 1.67 bits per heavy atom. The van der Waals surface area contributed by atoms with Crippen LogP contribution in [0.1, 0.15) is 23.2 Å². The van der Waals surface area contributed by atoms with Crippen molar-refractivity contribution in [3.05, 3.63) is 16.1 Å². The molecule has 2 rings (SSSR count). The van der Waals surface area contributed by atoms with E-state index in [1.165, 1.54) is 17.8 Å². The molecule has 0 amide bonds. The van der Waals surface area contributed by atoms with E-state index in [9.17, 15) is 0 Å². The van der Waals surface area contributed by atoms with Crippen molar-refractivity contribution in [2.24, 2.45) is 11.1 Å². The average Bonchev–Trinajstić information content (AvgIpc) is 2.76. The van der Waals surface area contributed by atoms with Crippen LogP contribution in [0.3, 0.4) is 0 Å². The monoisotopic (exact) mass is 225 g/mol. The quantitative estimate of drug-likeness (QED) is 0.850. The van der Waals surface area contributed by atoms with Gasteiger partial charge in [-0.05, 0) is 31.8 Å². The van der Waals surface area contributed by atoms with Crippen LogP contribution in [0.15, 0.2) is 6.20 Å². The standard InChI is InChI=1S/C11H19N3S/c1-9-13-5-10(15-9)6-14-4-3-11(2,7-12)8-14/h5H,3-4,6-8,12H2,1-2H3. The minimum Gasteiger partial charge on any atom is -0.330 e. The van der Waals surface area contributed by atoms with Gasteiger partial charge in [0.25, 0.3) is 0 Å². The fraction of sp³-hybridized carbons (Fsp3) is 0.727. The van der Waals surface area contributed by atoms with Gasteiger partial charge in [-0.1, -0.05) is 6.92 Å². The molecule has 1 aromatic rings. The van der Waals surface area contributed by atoms with Gasteiger partial charge in [-0.25, -0.2) is 4.98 Å². The van der Waals surface area contributed by atoms with Crippen LogP contribution in [0, 0.1) is 12.3 Å². The van der Waals surface area contributed by atoms with Gasteiger partial charge in [0.15, 0.2) is 0 Å². The molecular weight excluding hydrogens is 206 g/mol. The molecule has 2 heterocycles. The van der Waals surface area contributed by atoms with Crippen LogP contribution in [0.25, 0.3) is 0 Å². The van der Waals surface area contributed by atoms with Gasteiger partial charge in [0.05, 0.1) is 5.01 Å². The molecule has 1 saturated heterocycles. The highest BCUT2D eigenvalue weighted by Crippen LogP contribution is 2.30. The van der Waals surface area contributed by atoms with Crippen LogP contribution >= 0.6 is 11.3 Å². The Morgan fingerprint density at radius 3 is 3.00 bits per heavy atom. The number of thiazole rings is 1. The lowest BCUT2D eigenvalue weighted by atomic mass is 9.90. The molecule has 0 aromatic carbocycles. The van der Waals surface area contributed by atoms with Gasteiger partial charge in [0.2, 0.25) is 0 Å². The molecule has 0 aliphatic carbocycles. The van der Waals surface area contributed by atoms with Gasteiger partial charge < -0.3 is 5.73 Å². The predicted octanol–water partition coefficient (Wildman–Crippen LogP) is 1.62. The number of aryl methyl sites for hydroxylation is 1. The second-order valence-corrected chi connectivity index (χ2v) is 6.14. The molecule has 0 bridgehead atoms. The molecule has 1 aliphatic heterocycles. The van der Waals surface area contributed by atoms with Gasteiger partial charge in [0, 0.05) is 24.2 Å². The molecule has 1 unspecified atom stereocenters. The summed E-state index contributed by atoms with van der Waals surface area (Å²) in [6, 6.07) is 0. The van der Waals surface area contributed by atoms with Gasteiger partial charge in [-0.15, -0.1) is 11.3 Å². The van der Waals surface area contributed by atoms with Crippen LogP contribution in [0.5, 0.6) is 0 Å². The van der Waals surface area contributed by atoms with Crippen molar-refractivity contribution in [3.8, 4) is 0 Å². The van der Waals surface area contributed by atoms with Crippen molar-refractivity contribution in [1.29, 1.82) is 0 Å². The van der Waals surface area contributed by atoms with Gasteiger partial charge >= 0.3 is 0 Å². The number of hydrogen-bond donors (Lipinski definition) is 1. The Balaban J connectivity index is 1.92. The van der Waals surface area contributed by atoms with Crippen LogP contribution in [-0.2, 0) is 6.54 Å². The maximum atomic E-state index is 5.79. The number of likely N-dealkylation sites (tertiary alicyclic amines) is 1. The fourth-order valence-corrected chi connectivity index (χ4v) is 2.96. The van der Waals surface area contributed by atoms with Crippen LogP contribution in [-0.4, -0.2) is 29.5 Å². The minimum absolute atomic E-state index is 0.333. The van der Waals surface area contributed by atoms with Crippen molar-refractivity contribution in [3.63, 3.8) is 0 Å². The number of aromatic nitrogens is 1. The summed E-state index contributed by atoms with van der Waals surface area (Å²) in [6.45, 7) is 8.48. The molecular formula is C11H19N3S. The molecule has 15 heavy (non-hydrogen) atoms. The third-order valence-electron chi connectivity index (χ3n) is 3.18. The van der Waals surface area contributed by atoms with E-state index < -0.39 is 0 Å². The second-order valence-electron chi connectivity index (χ2n) is 4.82. The lowest BCUT2D eigenvalue weighted by Crippen LogP contribution is -2.30. The maximum Gasteiger partial charge on any atom is 0.0897 e. The van der Waals surface area contributed by atoms with Crippen LogP contribution < -0.4 is 5.73 Å². The Morgan fingerprint density at radius 2 is 2.47 bits per heavy atom. The highest BCUT2D eigenvalue weighted by molar-refractivity contribution is 7.11. The molecule has 1 fully saturated rings. The van der Waals surface area contributed by atoms with E-state index in [1.807, 2.05) is 6.20 Å². The molecule has 84 valence electrons. The molecule has 0 saturated carbocycles. The van der Waals surface area contributed by atoms with Crippen molar-refractivity contribution in [2.45, 2.75) is 26.8 Å². The Labute approximate surface area is 95.3 Å². The topological polar surface area (TPSA) is 42.2 Å². The maximum absolute atomic E-state index is 5.79. The van der Waals surface area contributed by atoms with Crippen LogP contribution in [0.4, 0.5) is 0 Å². The molecule has 3 nitrogen and oxygen atoms in total. The zero-order chi connectivity index (χ0) is 10.9. The van der Waals surface area contributed by atoms with E-state index in [4.69, 9.17) is 5.73 Å². The average molecular weight is 225 g/mol. The highest BCUT2D eigenvalue weighted by atomic mass is 32.1. The number of rotatable bonds is 3. The summed E-state index contributed by atoms with van der Waals surface area (Å²) in [5, 5.41) is 1.16. The molecule has 2 N–H and O–H groups in total. The highest BCUT2D eigenvalue weighted by Gasteiger charge is 2.32. The van der Waals surface area contributed by atoms with Crippen molar-refractivity contribution < 1.29 is 0 Å². The van der Waals surface area contributed by atoms with E-state index in [-0.39, 0.29) is 0 Å². The van der Waals surface area contributed by atoms with Gasteiger partial charge in [-0.3, -0.25) is 4.90 Å². The molecule has 1 aliphatic rings. The summed E-state index contributed by atoms with van der Waals surface area (Å²) < 4.78 is 0. The number of nitrogens with two attached hydrogens (primary N) is 1. The Kier molecular flexibility index (Phi) is 3.09. The fourth-order valence-electron chi connectivity index (χ4n) is 2.13. The first-order valence-electron chi connectivity index (χ1n) is 5.45. The molecule has 1 atom stereocenters. The third-order valence-corrected chi connectivity index (χ3v) is 4.08. The van der Waals surface area contributed by atoms with Crippen LogP contribution in [0.2, 0.25) is 0 Å². The summed E-state index contributed by atoms with van der Waals surface area (Å²) in [7, 11) is 0.